The summed E-state index contributed by atoms with van der Waals surface area (Å²) in [5.41, 5.74) is 6.41. The van der Waals surface area contributed by atoms with E-state index in [-0.39, 0.29) is 12.6 Å². The Bertz CT molecular complexity index is 467. The lowest BCUT2D eigenvalue weighted by molar-refractivity contribution is -0.139. The Hall–Kier alpha value is -2.18. The van der Waals surface area contributed by atoms with Crippen molar-refractivity contribution in [2.24, 2.45) is 0 Å². The summed E-state index contributed by atoms with van der Waals surface area (Å²) in [6.07, 6.45) is 1.40. The van der Waals surface area contributed by atoms with Crippen molar-refractivity contribution >= 4 is 17.9 Å². The third kappa shape index (κ3) is 4.36. The standard InChI is InChI=1S/C11H17N5O2/c1-7(2)5-9(17)18-6-8-13-10(12)15-11(14-8)16(3)4/h5H,6H2,1-4H3,(H2,12,13,14,15). The zero-order chi connectivity index (χ0) is 13.7. The average molecular weight is 251 g/mol. The van der Waals surface area contributed by atoms with Gasteiger partial charge >= 0.3 is 5.97 Å². The lowest BCUT2D eigenvalue weighted by Crippen LogP contribution is -2.17. The van der Waals surface area contributed by atoms with Crippen LogP contribution < -0.4 is 10.6 Å². The van der Waals surface area contributed by atoms with Crippen LogP contribution in [0.4, 0.5) is 11.9 Å². The smallest absolute Gasteiger partial charge is 0.331 e. The van der Waals surface area contributed by atoms with Crippen molar-refractivity contribution in [2.45, 2.75) is 20.5 Å². The van der Waals surface area contributed by atoms with E-state index in [0.29, 0.717) is 11.8 Å². The van der Waals surface area contributed by atoms with Gasteiger partial charge in [-0.25, -0.2) is 4.79 Å². The fourth-order valence-corrected chi connectivity index (χ4v) is 1.10. The molecule has 0 spiro atoms. The highest BCUT2D eigenvalue weighted by Crippen LogP contribution is 2.06. The van der Waals surface area contributed by atoms with Gasteiger partial charge in [-0.2, -0.15) is 15.0 Å². The molecule has 7 heteroatoms. The molecule has 18 heavy (non-hydrogen) atoms. The van der Waals surface area contributed by atoms with Crippen LogP contribution in [-0.2, 0) is 16.1 Å². The number of ether oxygens (including phenoxy) is 1. The van der Waals surface area contributed by atoms with Gasteiger partial charge in [-0.15, -0.1) is 0 Å². The molecule has 1 rings (SSSR count). The van der Waals surface area contributed by atoms with Crippen LogP contribution in [0.5, 0.6) is 0 Å². The Kier molecular flexibility index (Phi) is 4.59. The molecule has 0 unspecified atom stereocenters. The van der Waals surface area contributed by atoms with Gasteiger partial charge in [0.05, 0.1) is 0 Å². The Morgan fingerprint density at radius 3 is 2.56 bits per heavy atom. The maximum Gasteiger partial charge on any atom is 0.331 e. The molecule has 1 heterocycles. The third-order valence-electron chi connectivity index (χ3n) is 1.84. The molecule has 0 aliphatic rings. The summed E-state index contributed by atoms with van der Waals surface area (Å²) in [6, 6.07) is 0. The van der Waals surface area contributed by atoms with E-state index in [9.17, 15) is 4.79 Å². The number of hydrogen-bond donors (Lipinski definition) is 1. The summed E-state index contributed by atoms with van der Waals surface area (Å²) < 4.78 is 4.99. The molecule has 7 nitrogen and oxygen atoms in total. The summed E-state index contributed by atoms with van der Waals surface area (Å²) in [6.45, 7) is 3.59. The second-order valence-electron chi connectivity index (χ2n) is 4.13. The van der Waals surface area contributed by atoms with Crippen LogP contribution in [0.3, 0.4) is 0 Å². The summed E-state index contributed by atoms with van der Waals surface area (Å²) in [4.78, 5) is 25.0. The minimum absolute atomic E-state index is 0.0316. The Morgan fingerprint density at radius 1 is 1.33 bits per heavy atom. The second-order valence-corrected chi connectivity index (χ2v) is 4.13. The Morgan fingerprint density at radius 2 is 2.00 bits per heavy atom. The minimum Gasteiger partial charge on any atom is -0.454 e. The van der Waals surface area contributed by atoms with Gasteiger partial charge in [-0.05, 0) is 13.8 Å². The number of nitrogen functional groups attached to an aromatic ring is 1. The first-order valence-electron chi connectivity index (χ1n) is 5.38. The number of hydrogen-bond acceptors (Lipinski definition) is 7. The van der Waals surface area contributed by atoms with Crippen LogP contribution in [0.25, 0.3) is 0 Å². The average Bonchev–Trinajstić information content (AvgIpc) is 2.24. The van der Waals surface area contributed by atoms with Crippen molar-refractivity contribution in [1.82, 2.24) is 15.0 Å². The molecular weight excluding hydrogens is 234 g/mol. The highest BCUT2D eigenvalue weighted by Gasteiger charge is 2.08. The van der Waals surface area contributed by atoms with Crippen molar-refractivity contribution in [3.63, 3.8) is 0 Å². The largest absolute Gasteiger partial charge is 0.454 e. The van der Waals surface area contributed by atoms with Gasteiger partial charge in [0.2, 0.25) is 11.9 Å². The van der Waals surface area contributed by atoms with Gasteiger partial charge in [0, 0.05) is 20.2 Å². The molecule has 0 aliphatic heterocycles. The first-order chi connectivity index (χ1) is 8.38. The van der Waals surface area contributed by atoms with E-state index < -0.39 is 5.97 Å². The predicted octanol–water partition coefficient (Wildman–Crippen LogP) is 0.529. The van der Waals surface area contributed by atoms with E-state index in [4.69, 9.17) is 10.5 Å². The summed E-state index contributed by atoms with van der Waals surface area (Å²) in [5.74, 6) is 0.416. The number of anilines is 2. The van der Waals surface area contributed by atoms with Gasteiger partial charge in [0.25, 0.3) is 0 Å². The van der Waals surface area contributed by atoms with Gasteiger partial charge in [-0.3, -0.25) is 0 Å². The monoisotopic (exact) mass is 251 g/mol. The number of allylic oxidation sites excluding steroid dienone is 1. The van der Waals surface area contributed by atoms with Crippen molar-refractivity contribution in [2.75, 3.05) is 24.7 Å². The highest BCUT2D eigenvalue weighted by molar-refractivity contribution is 5.82. The highest BCUT2D eigenvalue weighted by atomic mass is 16.5. The molecule has 0 fully saturated rings. The quantitative estimate of drug-likeness (QED) is 0.616. The number of carbonyl (C=O) groups excluding carboxylic acids is 1. The third-order valence-corrected chi connectivity index (χ3v) is 1.84. The van der Waals surface area contributed by atoms with Gasteiger partial charge in [-0.1, -0.05) is 5.57 Å². The summed E-state index contributed by atoms with van der Waals surface area (Å²) in [7, 11) is 3.57. The van der Waals surface area contributed by atoms with Crippen LogP contribution in [0.2, 0.25) is 0 Å². The first-order valence-corrected chi connectivity index (χ1v) is 5.38. The number of nitrogens with two attached hydrogens (primary N) is 1. The lowest BCUT2D eigenvalue weighted by Gasteiger charge is -2.11. The van der Waals surface area contributed by atoms with E-state index in [0.717, 1.165) is 5.57 Å². The van der Waals surface area contributed by atoms with Crippen LogP contribution in [-0.4, -0.2) is 35.0 Å². The van der Waals surface area contributed by atoms with E-state index in [1.165, 1.54) is 6.08 Å². The van der Waals surface area contributed by atoms with E-state index in [1.807, 2.05) is 13.8 Å². The van der Waals surface area contributed by atoms with E-state index >= 15 is 0 Å². The van der Waals surface area contributed by atoms with Crippen molar-refractivity contribution in [3.8, 4) is 0 Å². The second kappa shape index (κ2) is 5.95. The molecule has 1 aromatic heterocycles. The topological polar surface area (TPSA) is 94.2 Å². The maximum absolute atomic E-state index is 11.3. The molecule has 0 bridgehead atoms. The van der Waals surface area contributed by atoms with Crippen LogP contribution in [0, 0.1) is 0 Å². The van der Waals surface area contributed by atoms with Crippen molar-refractivity contribution in [3.05, 3.63) is 17.5 Å². The Balaban J connectivity index is 2.73. The molecule has 0 saturated heterocycles. The molecule has 0 aliphatic carbocycles. The number of esters is 1. The van der Waals surface area contributed by atoms with Crippen molar-refractivity contribution < 1.29 is 9.53 Å². The zero-order valence-corrected chi connectivity index (χ0v) is 11.0. The normalized spacial score (nSPS) is 9.78. The number of aromatic nitrogens is 3. The predicted molar refractivity (Wildman–Crippen MR) is 67.8 cm³/mol. The fraction of sp³-hybridized carbons (Fsp3) is 0.455. The summed E-state index contributed by atoms with van der Waals surface area (Å²) >= 11 is 0. The molecule has 2 N–H and O–H groups in total. The van der Waals surface area contributed by atoms with Crippen LogP contribution in [0.15, 0.2) is 11.6 Å². The maximum atomic E-state index is 11.3. The van der Waals surface area contributed by atoms with Crippen LogP contribution >= 0.6 is 0 Å². The molecular formula is C11H17N5O2. The van der Waals surface area contributed by atoms with E-state index in [1.54, 1.807) is 19.0 Å². The molecule has 0 amide bonds. The van der Waals surface area contributed by atoms with Gasteiger partial charge in [0.1, 0.15) is 0 Å². The molecule has 1 aromatic rings. The number of carbonyl (C=O) groups is 1. The molecule has 0 saturated carbocycles. The lowest BCUT2D eigenvalue weighted by atomic mass is 10.3. The Labute approximate surface area is 106 Å². The van der Waals surface area contributed by atoms with Crippen molar-refractivity contribution in [1.29, 1.82) is 0 Å². The van der Waals surface area contributed by atoms with Gasteiger partial charge in [0.15, 0.2) is 12.4 Å². The number of nitrogens with zero attached hydrogens (tertiary/aromatic N) is 4. The summed E-state index contributed by atoms with van der Waals surface area (Å²) in [5, 5.41) is 0. The zero-order valence-electron chi connectivity index (χ0n) is 11.0. The molecule has 0 aromatic carbocycles. The number of rotatable bonds is 4. The first kappa shape index (κ1) is 13.9. The molecule has 0 radical (unpaired) electrons. The SMILES string of the molecule is CC(C)=CC(=O)OCc1nc(N)nc(N(C)C)n1. The van der Waals surface area contributed by atoms with E-state index in [2.05, 4.69) is 15.0 Å². The molecule has 0 atom stereocenters. The van der Waals surface area contributed by atoms with Gasteiger partial charge < -0.3 is 15.4 Å². The minimum atomic E-state index is -0.430. The van der Waals surface area contributed by atoms with Crippen LogP contribution in [0.1, 0.15) is 19.7 Å². The fourth-order valence-electron chi connectivity index (χ4n) is 1.10. The molecule has 98 valence electrons.